The molecule has 0 saturated heterocycles. The van der Waals surface area contributed by atoms with Crippen LogP contribution in [0, 0.1) is 0 Å². The van der Waals surface area contributed by atoms with Gasteiger partial charge in [0.1, 0.15) is 0 Å². The summed E-state index contributed by atoms with van der Waals surface area (Å²) in [4.78, 5) is 12.8. The van der Waals surface area contributed by atoms with E-state index in [0.29, 0.717) is 10.6 Å². The minimum absolute atomic E-state index is 0.156. The van der Waals surface area contributed by atoms with Crippen LogP contribution in [-0.4, -0.2) is 37.6 Å². The summed E-state index contributed by atoms with van der Waals surface area (Å²) in [5, 5.41) is 3.09. The highest BCUT2D eigenvalue weighted by Crippen LogP contribution is 2.29. The van der Waals surface area contributed by atoms with Crippen LogP contribution in [0.25, 0.3) is 0 Å². The molecule has 0 spiro atoms. The number of hydrogen-bond acceptors (Lipinski definition) is 2. The summed E-state index contributed by atoms with van der Waals surface area (Å²) in [6.45, 7) is -0.156. The molecule has 1 aromatic rings. The van der Waals surface area contributed by atoms with E-state index in [1.165, 1.54) is 29.2 Å². The van der Waals surface area contributed by atoms with E-state index in [-0.39, 0.29) is 12.5 Å². The van der Waals surface area contributed by atoms with Crippen molar-refractivity contribution in [3.05, 3.63) is 34.9 Å². The van der Waals surface area contributed by atoms with Gasteiger partial charge in [0.05, 0.1) is 13.0 Å². The van der Waals surface area contributed by atoms with Gasteiger partial charge in [0.15, 0.2) is 0 Å². The molecule has 0 aliphatic carbocycles. The first-order valence-electron chi connectivity index (χ1n) is 5.95. The lowest BCUT2D eigenvalue weighted by Gasteiger charge is -2.21. The van der Waals surface area contributed by atoms with E-state index in [2.05, 4.69) is 5.32 Å². The fourth-order valence-corrected chi connectivity index (χ4v) is 1.73. The first-order valence-corrected chi connectivity index (χ1v) is 6.32. The molecular weight excluding hydrogens is 293 g/mol. The third-order valence-electron chi connectivity index (χ3n) is 2.71. The number of amides is 1. The van der Waals surface area contributed by atoms with Crippen molar-refractivity contribution >= 4 is 17.5 Å². The van der Waals surface area contributed by atoms with Gasteiger partial charge in [-0.2, -0.15) is 13.2 Å². The van der Waals surface area contributed by atoms with Gasteiger partial charge in [-0.1, -0.05) is 23.7 Å². The first kappa shape index (κ1) is 16.8. The van der Waals surface area contributed by atoms with Crippen molar-refractivity contribution in [1.82, 2.24) is 10.2 Å². The van der Waals surface area contributed by atoms with E-state index in [9.17, 15) is 18.0 Å². The molecule has 0 saturated carbocycles. The second-order valence-electron chi connectivity index (χ2n) is 4.59. The molecule has 1 amide bonds. The molecule has 1 aromatic carbocycles. The number of carbonyl (C=O) groups is 1. The van der Waals surface area contributed by atoms with Crippen LogP contribution in [0.3, 0.4) is 0 Å². The summed E-state index contributed by atoms with van der Waals surface area (Å²) in [6, 6.07) is 5.11. The van der Waals surface area contributed by atoms with Crippen LogP contribution in [-0.2, 0) is 4.79 Å². The molecule has 1 N–H and O–H groups in total. The summed E-state index contributed by atoms with van der Waals surface area (Å²) in [6.07, 6.45) is -5.37. The third kappa shape index (κ3) is 5.79. The van der Waals surface area contributed by atoms with E-state index in [1.807, 2.05) is 0 Å². The molecule has 0 heterocycles. The second-order valence-corrected chi connectivity index (χ2v) is 5.03. The molecule has 0 unspecified atom stereocenters. The Morgan fingerprint density at radius 2 is 1.85 bits per heavy atom. The lowest BCUT2D eigenvalue weighted by Crippen LogP contribution is -2.36. The Balaban J connectivity index is 2.80. The molecule has 0 aliphatic rings. The molecule has 0 fully saturated rings. The average Bonchev–Trinajstić information content (AvgIpc) is 2.33. The first-order chi connectivity index (χ1) is 9.19. The Kier molecular flexibility index (Phi) is 5.83. The fraction of sp³-hybridized carbons (Fsp3) is 0.462. The topological polar surface area (TPSA) is 32.3 Å². The van der Waals surface area contributed by atoms with E-state index in [0.717, 1.165) is 0 Å². The van der Waals surface area contributed by atoms with E-state index in [1.54, 1.807) is 14.1 Å². The van der Waals surface area contributed by atoms with Gasteiger partial charge in [-0.25, -0.2) is 0 Å². The summed E-state index contributed by atoms with van der Waals surface area (Å²) in [5.74, 6) is -0.286. The van der Waals surface area contributed by atoms with Crippen molar-refractivity contribution in [3.8, 4) is 0 Å². The number of nitrogens with one attached hydrogen (secondary N) is 1. The number of hydrogen-bond donors (Lipinski definition) is 1. The molecule has 0 radical (unpaired) electrons. The molecule has 1 rings (SSSR count). The maximum absolute atomic E-state index is 12.6. The normalized spacial score (nSPS) is 13.1. The second kappa shape index (κ2) is 6.95. The maximum Gasteiger partial charge on any atom is 0.390 e. The van der Waals surface area contributed by atoms with E-state index in [4.69, 9.17) is 11.6 Å². The van der Waals surface area contributed by atoms with Crippen LogP contribution in [0.2, 0.25) is 5.02 Å². The standard InChI is InChI=1S/C13H16ClF3N2O/c1-19(2)12(20)8-18-11(7-13(15,16)17)9-3-5-10(14)6-4-9/h3-6,11,18H,7-8H2,1-2H3/t11-/m0/s1. The zero-order chi connectivity index (χ0) is 15.3. The molecule has 0 aromatic heterocycles. The lowest BCUT2D eigenvalue weighted by atomic mass is 10.0. The number of halogens is 4. The quantitative estimate of drug-likeness (QED) is 0.907. The Labute approximate surface area is 120 Å². The van der Waals surface area contributed by atoms with Crippen molar-refractivity contribution in [2.75, 3.05) is 20.6 Å². The van der Waals surface area contributed by atoms with Gasteiger partial charge in [0.2, 0.25) is 5.91 Å². The number of alkyl halides is 3. The number of rotatable bonds is 5. The number of nitrogens with zero attached hydrogens (tertiary/aromatic N) is 1. The molecule has 112 valence electrons. The van der Waals surface area contributed by atoms with Gasteiger partial charge in [0, 0.05) is 25.2 Å². The zero-order valence-electron chi connectivity index (χ0n) is 11.2. The van der Waals surface area contributed by atoms with Crippen LogP contribution >= 0.6 is 11.6 Å². The SMILES string of the molecule is CN(C)C(=O)CN[C@@H](CC(F)(F)F)c1ccc(Cl)cc1. The van der Waals surface area contributed by atoms with Crippen molar-refractivity contribution in [2.45, 2.75) is 18.6 Å². The largest absolute Gasteiger partial charge is 0.390 e. The number of benzene rings is 1. The summed E-state index contributed by atoms with van der Waals surface area (Å²) in [5.41, 5.74) is 0.443. The highest BCUT2D eigenvalue weighted by Gasteiger charge is 2.32. The van der Waals surface area contributed by atoms with Crippen molar-refractivity contribution < 1.29 is 18.0 Å². The molecule has 3 nitrogen and oxygen atoms in total. The maximum atomic E-state index is 12.6. The Hall–Kier alpha value is -1.27. The van der Waals surface area contributed by atoms with Crippen molar-refractivity contribution in [2.24, 2.45) is 0 Å². The van der Waals surface area contributed by atoms with Crippen LogP contribution < -0.4 is 5.32 Å². The van der Waals surface area contributed by atoms with Gasteiger partial charge in [-0.15, -0.1) is 0 Å². The predicted octanol–water partition coefficient (Wildman–Crippen LogP) is 3.01. The highest BCUT2D eigenvalue weighted by atomic mass is 35.5. The van der Waals surface area contributed by atoms with Crippen LogP contribution in [0.4, 0.5) is 13.2 Å². The molecular formula is C13H16ClF3N2O. The number of carbonyl (C=O) groups excluding carboxylic acids is 1. The lowest BCUT2D eigenvalue weighted by molar-refractivity contribution is -0.142. The van der Waals surface area contributed by atoms with Gasteiger partial charge < -0.3 is 10.2 Å². The predicted molar refractivity (Wildman–Crippen MR) is 71.6 cm³/mol. The van der Waals surface area contributed by atoms with Gasteiger partial charge in [-0.3, -0.25) is 4.79 Å². The average molecular weight is 309 g/mol. The fourth-order valence-electron chi connectivity index (χ4n) is 1.60. The Morgan fingerprint density at radius 3 is 2.30 bits per heavy atom. The minimum atomic E-state index is -4.32. The molecule has 20 heavy (non-hydrogen) atoms. The Bertz CT molecular complexity index is 446. The van der Waals surface area contributed by atoms with Crippen LogP contribution in [0.5, 0.6) is 0 Å². The molecule has 1 atom stereocenters. The Morgan fingerprint density at radius 1 is 1.30 bits per heavy atom. The van der Waals surface area contributed by atoms with Crippen LogP contribution in [0.1, 0.15) is 18.0 Å². The van der Waals surface area contributed by atoms with E-state index < -0.39 is 18.6 Å². The third-order valence-corrected chi connectivity index (χ3v) is 2.96. The minimum Gasteiger partial charge on any atom is -0.348 e. The van der Waals surface area contributed by atoms with Crippen molar-refractivity contribution in [1.29, 1.82) is 0 Å². The zero-order valence-corrected chi connectivity index (χ0v) is 11.9. The van der Waals surface area contributed by atoms with Gasteiger partial charge in [-0.05, 0) is 17.7 Å². The molecule has 0 aliphatic heterocycles. The molecule has 0 bridgehead atoms. The number of likely N-dealkylation sites (N-methyl/N-ethyl adjacent to an activating group) is 1. The molecule has 7 heteroatoms. The monoisotopic (exact) mass is 308 g/mol. The van der Waals surface area contributed by atoms with Gasteiger partial charge in [0.25, 0.3) is 0 Å². The van der Waals surface area contributed by atoms with Crippen molar-refractivity contribution in [3.63, 3.8) is 0 Å². The van der Waals surface area contributed by atoms with Crippen LogP contribution in [0.15, 0.2) is 24.3 Å². The highest BCUT2D eigenvalue weighted by molar-refractivity contribution is 6.30. The summed E-state index contributed by atoms with van der Waals surface area (Å²) >= 11 is 5.72. The summed E-state index contributed by atoms with van der Waals surface area (Å²) in [7, 11) is 3.09. The smallest absolute Gasteiger partial charge is 0.348 e. The van der Waals surface area contributed by atoms with E-state index >= 15 is 0 Å². The van der Waals surface area contributed by atoms with Gasteiger partial charge >= 0.3 is 6.18 Å². The summed E-state index contributed by atoms with van der Waals surface area (Å²) < 4.78 is 37.8.